The summed E-state index contributed by atoms with van der Waals surface area (Å²) in [5.74, 6) is 0.115. The second-order valence-electron chi connectivity index (χ2n) is 7.09. The Morgan fingerprint density at radius 3 is 2.21 bits per heavy atom. The topological polar surface area (TPSA) is 40.6 Å². The molecule has 1 heterocycles. The number of likely N-dealkylation sites (tertiary alicyclic amines) is 1. The molecule has 1 aromatic carbocycles. The van der Waals surface area contributed by atoms with E-state index in [4.69, 9.17) is 0 Å². The molecule has 1 saturated heterocycles. The van der Waals surface area contributed by atoms with Crippen molar-refractivity contribution in [3.8, 4) is 0 Å². The molecule has 1 aliphatic heterocycles. The standard InChI is InChI=1S/C20H28N2O2/c1-2-21(16-17-10-6-5-7-11-17)18(23)20(12-13-20)19(24)22-14-8-3-4-9-15-22/h5-7,10-11H,2-4,8-9,12-16H2,1H3. The number of rotatable bonds is 5. The average molecular weight is 328 g/mol. The van der Waals surface area contributed by atoms with Gasteiger partial charge in [-0.15, -0.1) is 0 Å². The molecule has 0 unspecified atom stereocenters. The van der Waals surface area contributed by atoms with Crippen molar-refractivity contribution in [2.75, 3.05) is 19.6 Å². The van der Waals surface area contributed by atoms with E-state index in [1.165, 1.54) is 12.8 Å². The maximum Gasteiger partial charge on any atom is 0.238 e. The molecule has 0 spiro atoms. The first-order valence-corrected chi connectivity index (χ1v) is 9.30. The number of carbonyl (C=O) groups excluding carboxylic acids is 2. The van der Waals surface area contributed by atoms with Crippen LogP contribution in [0.1, 0.15) is 51.0 Å². The largest absolute Gasteiger partial charge is 0.342 e. The van der Waals surface area contributed by atoms with Gasteiger partial charge in [0.2, 0.25) is 11.8 Å². The molecule has 3 rings (SSSR count). The number of hydrogen-bond donors (Lipinski definition) is 0. The van der Waals surface area contributed by atoms with Gasteiger partial charge >= 0.3 is 0 Å². The lowest BCUT2D eigenvalue weighted by molar-refractivity contribution is -0.149. The van der Waals surface area contributed by atoms with E-state index < -0.39 is 5.41 Å². The Morgan fingerprint density at radius 2 is 1.67 bits per heavy atom. The molecule has 0 N–H and O–H groups in total. The monoisotopic (exact) mass is 328 g/mol. The molecule has 24 heavy (non-hydrogen) atoms. The maximum atomic E-state index is 13.1. The zero-order chi connectivity index (χ0) is 17.0. The lowest BCUT2D eigenvalue weighted by Crippen LogP contribution is -2.47. The van der Waals surface area contributed by atoms with Gasteiger partial charge in [0, 0.05) is 26.2 Å². The number of hydrogen-bond acceptors (Lipinski definition) is 2. The van der Waals surface area contributed by atoms with E-state index in [9.17, 15) is 9.59 Å². The van der Waals surface area contributed by atoms with E-state index >= 15 is 0 Å². The van der Waals surface area contributed by atoms with Crippen LogP contribution in [0.2, 0.25) is 0 Å². The maximum absolute atomic E-state index is 13.1. The molecule has 0 atom stereocenters. The van der Waals surface area contributed by atoms with E-state index in [0.29, 0.717) is 25.9 Å². The normalized spacial score (nSPS) is 19.5. The van der Waals surface area contributed by atoms with Gasteiger partial charge in [-0.05, 0) is 38.2 Å². The van der Waals surface area contributed by atoms with Crippen molar-refractivity contribution in [3.63, 3.8) is 0 Å². The van der Waals surface area contributed by atoms with Gasteiger partial charge in [0.05, 0.1) is 0 Å². The number of amides is 2. The van der Waals surface area contributed by atoms with Crippen molar-refractivity contribution >= 4 is 11.8 Å². The Morgan fingerprint density at radius 1 is 1.04 bits per heavy atom. The van der Waals surface area contributed by atoms with Crippen LogP contribution in [0, 0.1) is 5.41 Å². The molecule has 1 aliphatic carbocycles. The van der Waals surface area contributed by atoms with E-state index in [2.05, 4.69) is 0 Å². The molecule has 2 aliphatic rings. The van der Waals surface area contributed by atoms with Gasteiger partial charge in [-0.1, -0.05) is 43.2 Å². The first-order valence-electron chi connectivity index (χ1n) is 9.30. The molecule has 1 saturated carbocycles. The highest BCUT2D eigenvalue weighted by atomic mass is 16.2. The molecule has 0 aromatic heterocycles. The van der Waals surface area contributed by atoms with Crippen LogP contribution in [0.4, 0.5) is 0 Å². The zero-order valence-electron chi connectivity index (χ0n) is 14.7. The first kappa shape index (κ1) is 17.0. The summed E-state index contributed by atoms with van der Waals surface area (Å²) in [4.78, 5) is 29.9. The summed E-state index contributed by atoms with van der Waals surface area (Å²) in [6.07, 6.45) is 5.95. The average Bonchev–Trinajstić information content (AvgIpc) is 3.44. The van der Waals surface area contributed by atoms with Crippen LogP contribution in [0.15, 0.2) is 30.3 Å². The third-order valence-corrected chi connectivity index (χ3v) is 5.35. The van der Waals surface area contributed by atoms with Gasteiger partial charge in [0.25, 0.3) is 0 Å². The highest BCUT2D eigenvalue weighted by Gasteiger charge is 2.59. The van der Waals surface area contributed by atoms with E-state index in [0.717, 1.165) is 31.5 Å². The lowest BCUT2D eigenvalue weighted by atomic mass is 10.0. The van der Waals surface area contributed by atoms with Crippen LogP contribution in [-0.4, -0.2) is 41.2 Å². The van der Waals surface area contributed by atoms with E-state index in [1.807, 2.05) is 47.1 Å². The summed E-state index contributed by atoms with van der Waals surface area (Å²) in [6, 6.07) is 10.0. The third kappa shape index (κ3) is 3.47. The summed E-state index contributed by atoms with van der Waals surface area (Å²) in [6.45, 7) is 4.86. The second-order valence-corrected chi connectivity index (χ2v) is 7.09. The number of carbonyl (C=O) groups is 2. The van der Waals surface area contributed by atoms with Crippen molar-refractivity contribution in [1.29, 1.82) is 0 Å². The van der Waals surface area contributed by atoms with E-state index in [1.54, 1.807) is 0 Å². The quantitative estimate of drug-likeness (QED) is 0.779. The third-order valence-electron chi connectivity index (χ3n) is 5.35. The molecular formula is C20H28N2O2. The SMILES string of the molecule is CCN(Cc1ccccc1)C(=O)C1(C(=O)N2CCCCCC2)CC1. The lowest BCUT2D eigenvalue weighted by Gasteiger charge is -2.30. The highest BCUT2D eigenvalue weighted by molar-refractivity contribution is 6.07. The highest BCUT2D eigenvalue weighted by Crippen LogP contribution is 2.49. The Balaban J connectivity index is 1.70. The minimum atomic E-state index is -0.755. The van der Waals surface area contributed by atoms with Crippen LogP contribution < -0.4 is 0 Å². The van der Waals surface area contributed by atoms with Gasteiger partial charge in [-0.25, -0.2) is 0 Å². The fraction of sp³-hybridized carbons (Fsp3) is 0.600. The van der Waals surface area contributed by atoms with Gasteiger partial charge in [-0.2, -0.15) is 0 Å². The molecule has 4 nitrogen and oxygen atoms in total. The van der Waals surface area contributed by atoms with Gasteiger partial charge in [0.1, 0.15) is 5.41 Å². The Kier molecular flexibility index (Phi) is 5.22. The predicted octanol–water partition coefficient (Wildman–Crippen LogP) is 3.22. The number of benzene rings is 1. The van der Waals surface area contributed by atoms with Crippen LogP contribution in [0.3, 0.4) is 0 Å². The van der Waals surface area contributed by atoms with Gasteiger partial charge in [0.15, 0.2) is 0 Å². The molecule has 2 fully saturated rings. The summed E-state index contributed by atoms with van der Waals surface area (Å²) >= 11 is 0. The number of nitrogens with zero attached hydrogens (tertiary/aromatic N) is 2. The summed E-state index contributed by atoms with van der Waals surface area (Å²) in [7, 11) is 0. The van der Waals surface area contributed by atoms with Crippen LogP contribution in [-0.2, 0) is 16.1 Å². The fourth-order valence-electron chi connectivity index (χ4n) is 3.65. The summed E-state index contributed by atoms with van der Waals surface area (Å²) in [5.41, 5.74) is 0.362. The Labute approximate surface area is 144 Å². The van der Waals surface area contributed by atoms with Crippen molar-refractivity contribution in [2.45, 2.75) is 52.0 Å². The van der Waals surface area contributed by atoms with E-state index in [-0.39, 0.29) is 11.8 Å². The van der Waals surface area contributed by atoms with Crippen LogP contribution >= 0.6 is 0 Å². The first-order chi connectivity index (χ1) is 11.7. The van der Waals surface area contributed by atoms with Crippen molar-refractivity contribution < 1.29 is 9.59 Å². The summed E-state index contributed by atoms with van der Waals surface area (Å²) < 4.78 is 0. The Bertz CT molecular complexity index is 573. The predicted molar refractivity (Wildman–Crippen MR) is 94.2 cm³/mol. The van der Waals surface area contributed by atoms with Gasteiger partial charge in [-0.3, -0.25) is 9.59 Å². The molecule has 1 aromatic rings. The minimum Gasteiger partial charge on any atom is -0.342 e. The summed E-state index contributed by atoms with van der Waals surface area (Å²) in [5, 5.41) is 0. The van der Waals surface area contributed by atoms with Crippen LogP contribution in [0.25, 0.3) is 0 Å². The molecule has 0 bridgehead atoms. The van der Waals surface area contributed by atoms with Gasteiger partial charge < -0.3 is 9.80 Å². The van der Waals surface area contributed by atoms with Crippen molar-refractivity contribution in [2.24, 2.45) is 5.41 Å². The molecule has 4 heteroatoms. The fourth-order valence-corrected chi connectivity index (χ4v) is 3.65. The molecule has 0 radical (unpaired) electrons. The minimum absolute atomic E-state index is 0.0306. The second kappa shape index (κ2) is 7.37. The zero-order valence-corrected chi connectivity index (χ0v) is 14.7. The molecule has 2 amide bonds. The molecular weight excluding hydrogens is 300 g/mol. The van der Waals surface area contributed by atoms with Crippen molar-refractivity contribution in [1.82, 2.24) is 9.80 Å². The van der Waals surface area contributed by atoms with Crippen molar-refractivity contribution in [3.05, 3.63) is 35.9 Å². The Hall–Kier alpha value is -1.84. The van der Waals surface area contributed by atoms with Crippen LogP contribution in [0.5, 0.6) is 0 Å². The molecule has 130 valence electrons. The smallest absolute Gasteiger partial charge is 0.238 e.